The highest BCUT2D eigenvalue weighted by Gasteiger charge is 2.39. The SMILES string of the molecule is Cc1ccc2c(c1Br)C(=O)C(=O)N2CN1C[C@@H](C)O[C@@H](C)C1. The van der Waals surface area contributed by atoms with Crippen molar-refractivity contribution in [2.24, 2.45) is 0 Å². The molecule has 22 heavy (non-hydrogen) atoms. The van der Waals surface area contributed by atoms with E-state index in [0.717, 1.165) is 23.1 Å². The number of carbonyl (C=O) groups is 2. The van der Waals surface area contributed by atoms with E-state index < -0.39 is 11.7 Å². The first-order chi connectivity index (χ1) is 10.4. The van der Waals surface area contributed by atoms with Crippen molar-refractivity contribution in [3.8, 4) is 0 Å². The van der Waals surface area contributed by atoms with E-state index in [2.05, 4.69) is 20.8 Å². The van der Waals surface area contributed by atoms with Crippen LogP contribution in [0.4, 0.5) is 5.69 Å². The average Bonchev–Trinajstić information content (AvgIpc) is 2.67. The second-order valence-electron chi connectivity index (χ2n) is 6.09. The molecule has 2 aliphatic rings. The van der Waals surface area contributed by atoms with Crippen LogP contribution in [0.25, 0.3) is 0 Å². The van der Waals surface area contributed by atoms with Crippen molar-refractivity contribution in [2.45, 2.75) is 33.0 Å². The number of halogens is 1. The van der Waals surface area contributed by atoms with Gasteiger partial charge in [-0.05, 0) is 48.3 Å². The fourth-order valence-corrected chi connectivity index (χ4v) is 3.71. The minimum atomic E-state index is -0.451. The minimum absolute atomic E-state index is 0.126. The smallest absolute Gasteiger partial charge is 0.300 e. The highest BCUT2D eigenvalue weighted by molar-refractivity contribution is 9.10. The molecule has 0 spiro atoms. The number of morpholine rings is 1. The Morgan fingerprint density at radius 1 is 1.23 bits per heavy atom. The summed E-state index contributed by atoms with van der Waals surface area (Å²) in [6, 6.07) is 3.78. The van der Waals surface area contributed by atoms with Crippen LogP contribution in [0.5, 0.6) is 0 Å². The third kappa shape index (κ3) is 2.59. The fourth-order valence-electron chi connectivity index (χ4n) is 3.19. The first kappa shape index (κ1) is 15.6. The maximum absolute atomic E-state index is 12.4. The highest BCUT2D eigenvalue weighted by atomic mass is 79.9. The number of amides is 1. The summed E-state index contributed by atoms with van der Waals surface area (Å²) in [5.74, 6) is -0.881. The minimum Gasteiger partial charge on any atom is -0.373 e. The molecule has 0 N–H and O–H groups in total. The normalized spacial score (nSPS) is 25.7. The quantitative estimate of drug-likeness (QED) is 0.753. The van der Waals surface area contributed by atoms with Crippen LogP contribution in [0.15, 0.2) is 16.6 Å². The average molecular weight is 367 g/mol. The molecule has 3 rings (SSSR count). The van der Waals surface area contributed by atoms with Gasteiger partial charge in [-0.25, -0.2) is 0 Å². The fraction of sp³-hybridized carbons (Fsp3) is 0.500. The van der Waals surface area contributed by atoms with Crippen LogP contribution >= 0.6 is 15.9 Å². The van der Waals surface area contributed by atoms with E-state index in [0.29, 0.717) is 17.9 Å². The third-order valence-electron chi connectivity index (χ3n) is 4.11. The van der Waals surface area contributed by atoms with Crippen LogP contribution in [0.1, 0.15) is 29.8 Å². The molecule has 1 aromatic carbocycles. The first-order valence-corrected chi connectivity index (χ1v) is 8.21. The van der Waals surface area contributed by atoms with Crippen molar-refractivity contribution in [3.63, 3.8) is 0 Å². The van der Waals surface area contributed by atoms with Gasteiger partial charge in [0.1, 0.15) is 0 Å². The molecule has 2 heterocycles. The Bertz CT molecular complexity index is 637. The predicted molar refractivity (Wildman–Crippen MR) is 87.1 cm³/mol. The molecule has 0 aromatic heterocycles. The number of rotatable bonds is 2. The molecule has 0 unspecified atom stereocenters. The van der Waals surface area contributed by atoms with E-state index in [1.807, 2.05) is 32.9 Å². The Kier molecular flexibility index (Phi) is 4.09. The summed E-state index contributed by atoms with van der Waals surface area (Å²) in [7, 11) is 0. The molecule has 0 radical (unpaired) electrons. The van der Waals surface area contributed by atoms with Crippen molar-refractivity contribution in [3.05, 3.63) is 27.7 Å². The molecule has 0 saturated carbocycles. The van der Waals surface area contributed by atoms with Crippen molar-refractivity contribution in [1.29, 1.82) is 0 Å². The van der Waals surface area contributed by atoms with Crippen molar-refractivity contribution in [1.82, 2.24) is 4.90 Å². The van der Waals surface area contributed by atoms with Crippen LogP contribution < -0.4 is 4.90 Å². The van der Waals surface area contributed by atoms with Gasteiger partial charge in [-0.15, -0.1) is 0 Å². The number of carbonyl (C=O) groups excluding carboxylic acids is 2. The monoisotopic (exact) mass is 366 g/mol. The van der Waals surface area contributed by atoms with Crippen LogP contribution in [0, 0.1) is 6.92 Å². The van der Waals surface area contributed by atoms with E-state index in [1.165, 1.54) is 0 Å². The van der Waals surface area contributed by atoms with Gasteiger partial charge in [-0.1, -0.05) is 6.07 Å². The zero-order valence-corrected chi connectivity index (χ0v) is 14.5. The molecule has 118 valence electrons. The van der Waals surface area contributed by atoms with Crippen LogP contribution in [-0.4, -0.2) is 48.6 Å². The number of benzene rings is 1. The van der Waals surface area contributed by atoms with E-state index in [1.54, 1.807) is 4.90 Å². The largest absolute Gasteiger partial charge is 0.373 e. The Labute approximate surface area is 138 Å². The third-order valence-corrected chi connectivity index (χ3v) is 5.13. The van der Waals surface area contributed by atoms with Gasteiger partial charge in [-0.2, -0.15) is 0 Å². The summed E-state index contributed by atoms with van der Waals surface area (Å²) < 4.78 is 6.43. The van der Waals surface area contributed by atoms with Gasteiger partial charge in [0, 0.05) is 17.6 Å². The van der Waals surface area contributed by atoms with Gasteiger partial charge in [0.15, 0.2) is 0 Å². The van der Waals surface area contributed by atoms with Crippen molar-refractivity contribution >= 4 is 33.3 Å². The zero-order valence-electron chi connectivity index (χ0n) is 12.9. The Hall–Kier alpha value is -1.24. The number of hydrogen-bond acceptors (Lipinski definition) is 4. The van der Waals surface area contributed by atoms with Gasteiger partial charge in [0.25, 0.3) is 5.78 Å². The number of anilines is 1. The van der Waals surface area contributed by atoms with Gasteiger partial charge < -0.3 is 4.74 Å². The molecule has 5 nitrogen and oxygen atoms in total. The van der Waals surface area contributed by atoms with Gasteiger partial charge in [0.05, 0.1) is 30.1 Å². The maximum atomic E-state index is 12.4. The molecule has 2 aliphatic heterocycles. The Morgan fingerprint density at radius 3 is 2.50 bits per heavy atom. The van der Waals surface area contributed by atoms with Crippen LogP contribution in [0.3, 0.4) is 0 Å². The number of ketones is 1. The van der Waals surface area contributed by atoms with E-state index in [4.69, 9.17) is 4.74 Å². The Morgan fingerprint density at radius 2 is 1.86 bits per heavy atom. The molecular formula is C16H19BrN2O3. The molecule has 0 bridgehead atoms. The summed E-state index contributed by atoms with van der Waals surface area (Å²) in [4.78, 5) is 28.4. The number of fused-ring (bicyclic) bond motifs is 1. The molecule has 0 aliphatic carbocycles. The molecule has 1 aromatic rings. The molecule has 6 heteroatoms. The second kappa shape index (κ2) is 5.76. The van der Waals surface area contributed by atoms with Gasteiger partial charge >= 0.3 is 5.91 Å². The number of hydrogen-bond donors (Lipinski definition) is 0. The zero-order chi connectivity index (χ0) is 16.0. The molecular weight excluding hydrogens is 348 g/mol. The lowest BCUT2D eigenvalue weighted by Gasteiger charge is -2.37. The molecule has 1 fully saturated rings. The number of nitrogens with zero attached hydrogens (tertiary/aromatic N) is 2. The van der Waals surface area contributed by atoms with Crippen molar-refractivity contribution in [2.75, 3.05) is 24.7 Å². The first-order valence-electron chi connectivity index (χ1n) is 7.41. The summed E-state index contributed by atoms with van der Waals surface area (Å²) >= 11 is 3.44. The Balaban J connectivity index is 1.89. The molecule has 1 amide bonds. The van der Waals surface area contributed by atoms with E-state index in [9.17, 15) is 9.59 Å². The number of aryl methyl sites for hydroxylation is 1. The lowest BCUT2D eigenvalue weighted by atomic mass is 10.1. The van der Waals surface area contributed by atoms with Crippen molar-refractivity contribution < 1.29 is 14.3 Å². The lowest BCUT2D eigenvalue weighted by Crippen LogP contribution is -2.50. The maximum Gasteiger partial charge on any atom is 0.300 e. The summed E-state index contributed by atoms with van der Waals surface area (Å²) in [6.45, 7) is 7.89. The predicted octanol–water partition coefficient (Wildman–Crippen LogP) is 2.35. The topological polar surface area (TPSA) is 49.9 Å². The second-order valence-corrected chi connectivity index (χ2v) is 6.88. The number of ether oxygens (including phenoxy) is 1. The van der Waals surface area contributed by atoms with E-state index in [-0.39, 0.29) is 12.2 Å². The molecule has 1 saturated heterocycles. The summed E-state index contributed by atoms with van der Waals surface area (Å²) in [6.07, 6.45) is 0.253. The van der Waals surface area contributed by atoms with Gasteiger partial charge in [-0.3, -0.25) is 19.4 Å². The van der Waals surface area contributed by atoms with Crippen LogP contribution in [0.2, 0.25) is 0 Å². The standard InChI is InChI=1S/C16H19BrN2O3/c1-9-4-5-12-13(14(9)17)15(20)16(21)19(12)8-18-6-10(2)22-11(3)7-18/h4-5,10-11H,6-8H2,1-3H3/t10-,11+. The molecule has 2 atom stereocenters. The summed E-state index contributed by atoms with van der Waals surface area (Å²) in [5.41, 5.74) is 2.13. The van der Waals surface area contributed by atoms with Gasteiger partial charge in [0.2, 0.25) is 0 Å². The summed E-state index contributed by atoms with van der Waals surface area (Å²) in [5, 5.41) is 0. The lowest BCUT2D eigenvalue weighted by molar-refractivity contribution is -0.115. The van der Waals surface area contributed by atoms with E-state index >= 15 is 0 Å². The highest BCUT2D eigenvalue weighted by Crippen LogP contribution is 2.36. The van der Waals surface area contributed by atoms with Crippen LogP contribution in [-0.2, 0) is 9.53 Å². The number of Topliss-reactive ketones (excluding diaryl/α,β-unsaturated/α-hetero) is 1.